The number of rotatable bonds is 8. The van der Waals surface area contributed by atoms with E-state index in [0.29, 0.717) is 50.5 Å². The highest BCUT2D eigenvalue weighted by atomic mass is 31.1. The van der Waals surface area contributed by atoms with E-state index >= 15 is 0 Å². The molecule has 0 spiro atoms. The van der Waals surface area contributed by atoms with Crippen LogP contribution >= 0.6 is 7.92 Å². The Labute approximate surface area is 261 Å². The first kappa shape index (κ1) is 30.0. The lowest BCUT2D eigenvalue weighted by Crippen LogP contribution is -2.38. The van der Waals surface area contributed by atoms with Crippen molar-refractivity contribution in [3.05, 3.63) is 112 Å². The van der Waals surface area contributed by atoms with Crippen molar-refractivity contribution in [3.63, 3.8) is 0 Å². The maximum atomic E-state index is 14.8. The lowest BCUT2D eigenvalue weighted by atomic mass is 9.96. The van der Waals surface area contributed by atoms with E-state index in [4.69, 9.17) is 18.9 Å². The quantitative estimate of drug-likeness (QED) is 0.227. The number of hydrogen-bond donors (Lipinski definition) is 0. The monoisotopic (exact) mass is 620 g/mol. The van der Waals surface area contributed by atoms with E-state index in [9.17, 15) is 9.59 Å². The van der Waals surface area contributed by atoms with Crippen LogP contribution in [-0.2, 0) is 14.1 Å². The first-order valence-corrected chi connectivity index (χ1v) is 15.6. The molecule has 0 radical (unpaired) electrons. The molecule has 0 fully saturated rings. The van der Waals surface area contributed by atoms with Crippen LogP contribution in [-0.4, -0.2) is 37.6 Å². The van der Waals surface area contributed by atoms with E-state index < -0.39 is 7.92 Å². The maximum absolute atomic E-state index is 14.8. The number of benzene rings is 4. The van der Waals surface area contributed by atoms with E-state index in [-0.39, 0.29) is 11.1 Å². The van der Waals surface area contributed by atoms with Gasteiger partial charge in [0, 0.05) is 48.6 Å². The highest BCUT2D eigenvalue weighted by Crippen LogP contribution is 2.44. The van der Waals surface area contributed by atoms with Gasteiger partial charge < -0.3 is 28.1 Å². The molecule has 2 aromatic heterocycles. The van der Waals surface area contributed by atoms with E-state index in [1.165, 1.54) is 0 Å². The Bertz CT molecular complexity index is 2140. The zero-order valence-electron chi connectivity index (χ0n) is 26.0. The van der Waals surface area contributed by atoms with Gasteiger partial charge in [-0.05, 0) is 36.2 Å². The molecule has 0 aliphatic heterocycles. The normalized spacial score (nSPS) is 11.3. The van der Waals surface area contributed by atoms with Gasteiger partial charge in [0.15, 0.2) is 23.0 Å². The number of pyridine rings is 2. The van der Waals surface area contributed by atoms with Gasteiger partial charge in [-0.2, -0.15) is 0 Å². The van der Waals surface area contributed by atoms with Crippen LogP contribution in [0.3, 0.4) is 0 Å². The molecule has 4 aromatic carbocycles. The Morgan fingerprint density at radius 1 is 0.556 bits per heavy atom. The summed E-state index contributed by atoms with van der Waals surface area (Å²) >= 11 is 0. The highest BCUT2D eigenvalue weighted by Gasteiger charge is 2.29. The molecule has 6 aromatic rings. The largest absolute Gasteiger partial charge is 0.493 e. The Morgan fingerprint density at radius 3 is 1.49 bits per heavy atom. The average molecular weight is 621 g/mol. The molecule has 6 rings (SSSR count). The van der Waals surface area contributed by atoms with E-state index in [1.54, 1.807) is 63.8 Å². The van der Waals surface area contributed by atoms with E-state index in [2.05, 4.69) is 24.3 Å². The van der Waals surface area contributed by atoms with Gasteiger partial charge in [-0.25, -0.2) is 0 Å². The van der Waals surface area contributed by atoms with Crippen LogP contribution in [0.25, 0.3) is 32.9 Å². The minimum absolute atomic E-state index is 0.169. The summed E-state index contributed by atoms with van der Waals surface area (Å²) in [5, 5.41) is 4.08. The van der Waals surface area contributed by atoms with Gasteiger partial charge in [-0.1, -0.05) is 60.7 Å². The maximum Gasteiger partial charge on any atom is 0.259 e. The van der Waals surface area contributed by atoms with Crippen molar-refractivity contribution in [3.8, 4) is 34.1 Å². The first-order valence-electron chi connectivity index (χ1n) is 14.3. The number of fused-ring (bicyclic) bond motifs is 2. The molecule has 0 aliphatic rings. The topological polar surface area (TPSA) is 80.9 Å². The van der Waals surface area contributed by atoms with E-state index in [0.717, 1.165) is 21.4 Å². The molecule has 0 saturated heterocycles. The van der Waals surface area contributed by atoms with E-state index in [1.807, 2.05) is 54.6 Å². The molecule has 0 aliphatic carbocycles. The predicted molar refractivity (Wildman–Crippen MR) is 182 cm³/mol. The summed E-state index contributed by atoms with van der Waals surface area (Å²) < 4.78 is 25.9. The number of ether oxygens (including phenoxy) is 4. The van der Waals surface area contributed by atoms with Gasteiger partial charge in [0.05, 0.1) is 44.8 Å². The fourth-order valence-electron chi connectivity index (χ4n) is 5.88. The second-order valence-corrected chi connectivity index (χ2v) is 12.6. The number of nitrogens with zero attached hydrogens (tertiary/aromatic N) is 2. The molecule has 45 heavy (non-hydrogen) atoms. The van der Waals surface area contributed by atoms with Gasteiger partial charge in [0.25, 0.3) is 11.1 Å². The summed E-state index contributed by atoms with van der Waals surface area (Å²) in [6.45, 7) is 0. The first-order chi connectivity index (χ1) is 21.8. The second-order valence-electron chi connectivity index (χ2n) is 10.5. The summed E-state index contributed by atoms with van der Waals surface area (Å²) in [6.07, 6.45) is 0. The Hall–Kier alpha value is -5.07. The zero-order valence-corrected chi connectivity index (χ0v) is 26.8. The van der Waals surface area contributed by atoms with Crippen LogP contribution in [0.1, 0.15) is 0 Å². The molecule has 0 bridgehead atoms. The molecule has 0 saturated carbocycles. The molecule has 0 unspecified atom stereocenters. The van der Waals surface area contributed by atoms with Crippen LogP contribution in [0.5, 0.6) is 23.0 Å². The molecule has 0 amide bonds. The second kappa shape index (κ2) is 12.1. The Balaban J connectivity index is 1.89. The summed E-state index contributed by atoms with van der Waals surface area (Å²) in [5.41, 5.74) is 2.15. The summed E-state index contributed by atoms with van der Waals surface area (Å²) in [5.74, 6) is 2.00. The van der Waals surface area contributed by atoms with Crippen LogP contribution in [0, 0.1) is 0 Å². The van der Waals surface area contributed by atoms with Crippen molar-refractivity contribution in [1.29, 1.82) is 0 Å². The fraction of sp³-hybridized carbons (Fsp3) is 0.167. The van der Waals surface area contributed by atoms with Crippen LogP contribution in [0.2, 0.25) is 0 Å². The van der Waals surface area contributed by atoms with Crippen molar-refractivity contribution in [2.24, 2.45) is 14.1 Å². The van der Waals surface area contributed by atoms with Crippen LogP contribution in [0.4, 0.5) is 0 Å². The van der Waals surface area contributed by atoms with Gasteiger partial charge in [-0.3, -0.25) is 9.59 Å². The summed E-state index contributed by atoms with van der Waals surface area (Å²) in [4.78, 5) is 28.5. The fourth-order valence-corrected chi connectivity index (χ4v) is 8.44. The SMILES string of the molecule is COc1cc2c(-c3c(P(c4ccccc4)c4ccccc4)c(=O)n(C)c4cc(OC)c(OC)cc34)cc(=O)n(C)c2cc1OC. The smallest absolute Gasteiger partial charge is 0.259 e. The van der Waals surface area contributed by atoms with Crippen LogP contribution in [0.15, 0.2) is 101 Å². The summed E-state index contributed by atoms with van der Waals surface area (Å²) in [6, 6.07) is 29.0. The molecular weight excluding hydrogens is 587 g/mol. The molecule has 228 valence electrons. The third-order valence-electron chi connectivity index (χ3n) is 8.15. The highest BCUT2D eigenvalue weighted by molar-refractivity contribution is 7.80. The minimum Gasteiger partial charge on any atom is -0.493 e. The number of hydrogen-bond acceptors (Lipinski definition) is 6. The standard InChI is InChI=1S/C36H33N2O6P/c1-37-27-20-31(43-5)29(41-3)17-24(27)25(19-33(37)39)34-26-18-30(42-4)32(44-6)21-28(26)38(2)36(40)35(34)45(22-13-9-7-10-14-22)23-15-11-8-12-16-23/h7-21H,1-6H3. The zero-order chi connectivity index (χ0) is 31.8. The van der Waals surface area contributed by atoms with Gasteiger partial charge in [0.2, 0.25) is 0 Å². The Kier molecular flexibility index (Phi) is 8.09. The van der Waals surface area contributed by atoms with Crippen molar-refractivity contribution in [1.82, 2.24) is 9.13 Å². The number of methoxy groups -OCH3 is 4. The third kappa shape index (κ3) is 5.01. The lowest BCUT2D eigenvalue weighted by molar-refractivity contribution is 0.355. The molecule has 8 nitrogen and oxygen atoms in total. The Morgan fingerprint density at radius 2 is 1.00 bits per heavy atom. The third-order valence-corrected chi connectivity index (χ3v) is 10.6. The molecule has 0 N–H and O–H groups in total. The van der Waals surface area contributed by atoms with Gasteiger partial charge >= 0.3 is 0 Å². The molecule has 0 atom stereocenters. The van der Waals surface area contributed by atoms with Gasteiger partial charge in [0.1, 0.15) is 0 Å². The lowest BCUT2D eigenvalue weighted by Gasteiger charge is -2.25. The number of aryl methyl sites for hydroxylation is 2. The average Bonchev–Trinajstić information content (AvgIpc) is 3.08. The van der Waals surface area contributed by atoms with Crippen molar-refractivity contribution < 1.29 is 18.9 Å². The van der Waals surface area contributed by atoms with Crippen molar-refractivity contribution in [2.75, 3.05) is 28.4 Å². The minimum atomic E-state index is -1.39. The molecule has 9 heteroatoms. The molecular formula is C36H33N2O6P. The summed E-state index contributed by atoms with van der Waals surface area (Å²) in [7, 11) is 8.38. The van der Waals surface area contributed by atoms with Crippen LogP contribution < -0.4 is 46.0 Å². The predicted octanol–water partition coefficient (Wildman–Crippen LogP) is 4.85. The molecule has 2 heterocycles. The van der Waals surface area contributed by atoms with Gasteiger partial charge in [-0.15, -0.1) is 0 Å². The van der Waals surface area contributed by atoms with Crippen molar-refractivity contribution >= 4 is 45.6 Å². The number of aromatic nitrogens is 2. The van der Waals surface area contributed by atoms with Crippen molar-refractivity contribution in [2.45, 2.75) is 0 Å².